The molecule has 0 radical (unpaired) electrons. The van der Waals surface area contributed by atoms with E-state index in [0.29, 0.717) is 0 Å². The van der Waals surface area contributed by atoms with E-state index in [1.54, 1.807) is 12.4 Å². The van der Waals surface area contributed by atoms with Gasteiger partial charge >= 0.3 is 0 Å². The molecule has 4 heteroatoms. The van der Waals surface area contributed by atoms with Gasteiger partial charge in [-0.15, -0.1) is 0 Å². The van der Waals surface area contributed by atoms with Crippen LogP contribution in [0.2, 0.25) is 0 Å². The largest absolute Gasteiger partial charge is 0.327 e. The van der Waals surface area contributed by atoms with E-state index in [-0.39, 0.29) is 0 Å². The highest BCUT2D eigenvalue weighted by Crippen LogP contribution is 2.14. The fourth-order valence-electron chi connectivity index (χ4n) is 1.13. The number of nitrogens with zero attached hydrogens (tertiary/aromatic N) is 1. The summed E-state index contributed by atoms with van der Waals surface area (Å²) < 4.78 is 0. The van der Waals surface area contributed by atoms with Crippen molar-refractivity contribution in [3.8, 4) is 0 Å². The Morgan fingerprint density at radius 3 is 2.92 bits per heavy atom. The van der Waals surface area contributed by atoms with Gasteiger partial charge < -0.3 is 11.2 Å². The number of aromatic nitrogens is 1. The smallest absolute Gasteiger partial charge is 0.147 e. The lowest BCUT2D eigenvalue weighted by atomic mass is 10.1. The molecular formula is C8H10N4. The van der Waals surface area contributed by atoms with E-state index >= 15 is 0 Å². The van der Waals surface area contributed by atoms with Crippen molar-refractivity contribution in [3.63, 3.8) is 0 Å². The van der Waals surface area contributed by atoms with E-state index in [9.17, 15) is 0 Å². The fourth-order valence-corrected chi connectivity index (χ4v) is 1.13. The monoisotopic (exact) mass is 162 g/mol. The van der Waals surface area contributed by atoms with Crippen LogP contribution in [0, 0.1) is 0 Å². The van der Waals surface area contributed by atoms with Gasteiger partial charge in [-0.1, -0.05) is 6.07 Å². The summed E-state index contributed by atoms with van der Waals surface area (Å²) in [5, 5.41) is 0. The van der Waals surface area contributed by atoms with Gasteiger partial charge in [-0.3, -0.25) is 4.98 Å². The third kappa shape index (κ3) is 1.07. The predicted molar refractivity (Wildman–Crippen MR) is 45.5 cm³/mol. The molecule has 0 saturated carbocycles. The van der Waals surface area contributed by atoms with Gasteiger partial charge in [0.25, 0.3) is 0 Å². The molecule has 12 heavy (non-hydrogen) atoms. The Hall–Kier alpha value is -1.39. The zero-order valence-corrected chi connectivity index (χ0v) is 6.49. The van der Waals surface area contributed by atoms with Crippen LogP contribution in [0.15, 0.2) is 36.7 Å². The first-order valence-electron chi connectivity index (χ1n) is 3.72. The maximum absolute atomic E-state index is 5.96. The first kappa shape index (κ1) is 7.27. The molecule has 1 atom stereocenters. The van der Waals surface area contributed by atoms with E-state index in [2.05, 4.69) is 15.8 Å². The van der Waals surface area contributed by atoms with Gasteiger partial charge in [0, 0.05) is 12.4 Å². The van der Waals surface area contributed by atoms with Gasteiger partial charge in [0.05, 0.1) is 5.69 Å². The second-order valence-electron chi connectivity index (χ2n) is 2.69. The summed E-state index contributed by atoms with van der Waals surface area (Å²) in [5.41, 5.74) is 11.8. The number of nitrogens with two attached hydrogens (primary N) is 1. The lowest BCUT2D eigenvalue weighted by Gasteiger charge is -2.20. The molecule has 0 amide bonds. The normalized spacial score (nSPS) is 27.1. The third-order valence-electron chi connectivity index (χ3n) is 1.80. The van der Waals surface area contributed by atoms with E-state index < -0.39 is 5.66 Å². The van der Waals surface area contributed by atoms with Crippen molar-refractivity contribution in [1.29, 1.82) is 0 Å². The van der Waals surface area contributed by atoms with Crippen LogP contribution in [0.5, 0.6) is 0 Å². The highest BCUT2D eigenvalue weighted by molar-refractivity contribution is 5.23. The van der Waals surface area contributed by atoms with Gasteiger partial charge in [0.2, 0.25) is 0 Å². The minimum atomic E-state index is -0.665. The predicted octanol–water partition coefficient (Wildman–Crippen LogP) is -0.185. The second-order valence-corrected chi connectivity index (χ2v) is 2.69. The van der Waals surface area contributed by atoms with Gasteiger partial charge in [-0.05, 0) is 18.2 Å². The number of rotatable bonds is 1. The summed E-state index contributed by atoms with van der Waals surface area (Å²) in [6.45, 7) is 0. The molecule has 1 aliphatic heterocycles. The van der Waals surface area contributed by atoms with Crippen molar-refractivity contribution in [2.45, 2.75) is 5.66 Å². The first-order chi connectivity index (χ1) is 5.81. The van der Waals surface area contributed by atoms with E-state index in [0.717, 1.165) is 5.69 Å². The minimum absolute atomic E-state index is 0.665. The average Bonchev–Trinajstić information content (AvgIpc) is 2.55. The maximum atomic E-state index is 5.96. The fraction of sp³-hybridized carbons (Fsp3) is 0.125. The van der Waals surface area contributed by atoms with E-state index in [4.69, 9.17) is 5.73 Å². The molecule has 4 N–H and O–H groups in total. The molecule has 4 nitrogen and oxygen atoms in total. The number of hydrogen-bond donors (Lipinski definition) is 3. The maximum Gasteiger partial charge on any atom is 0.147 e. The zero-order valence-electron chi connectivity index (χ0n) is 6.49. The van der Waals surface area contributed by atoms with Gasteiger partial charge in [0.15, 0.2) is 0 Å². The SMILES string of the molecule is NC1(c2ccccn2)C=CNN1. The second kappa shape index (κ2) is 2.58. The molecule has 0 aromatic carbocycles. The van der Waals surface area contributed by atoms with Crippen LogP contribution in [0.4, 0.5) is 0 Å². The minimum Gasteiger partial charge on any atom is -0.327 e. The van der Waals surface area contributed by atoms with Crippen LogP contribution in [0.1, 0.15) is 5.69 Å². The van der Waals surface area contributed by atoms with Gasteiger partial charge in [-0.2, -0.15) is 0 Å². The highest BCUT2D eigenvalue weighted by atomic mass is 15.4. The Bertz CT molecular complexity index is 295. The summed E-state index contributed by atoms with van der Waals surface area (Å²) in [4.78, 5) is 4.15. The first-order valence-corrected chi connectivity index (χ1v) is 3.72. The Morgan fingerprint density at radius 1 is 1.42 bits per heavy atom. The molecule has 2 heterocycles. The molecule has 1 unspecified atom stereocenters. The molecule has 0 saturated heterocycles. The molecule has 62 valence electrons. The molecule has 1 aromatic heterocycles. The molecule has 1 aromatic rings. The van der Waals surface area contributed by atoms with Gasteiger partial charge in [-0.25, -0.2) is 5.43 Å². The summed E-state index contributed by atoms with van der Waals surface area (Å²) in [6.07, 6.45) is 5.31. The molecule has 0 aliphatic carbocycles. The highest BCUT2D eigenvalue weighted by Gasteiger charge is 2.27. The molecule has 0 bridgehead atoms. The molecule has 1 aliphatic rings. The standard InChI is InChI=1S/C8H10N4/c9-8(4-6-11-12-8)7-3-1-2-5-10-7/h1-6,11-12H,9H2. The van der Waals surface area contributed by atoms with Crippen LogP contribution in [0.25, 0.3) is 0 Å². The van der Waals surface area contributed by atoms with Crippen molar-refractivity contribution in [1.82, 2.24) is 15.8 Å². The number of nitrogens with one attached hydrogen (secondary N) is 2. The van der Waals surface area contributed by atoms with E-state index in [1.807, 2.05) is 24.3 Å². The van der Waals surface area contributed by atoms with Crippen LogP contribution in [-0.2, 0) is 5.66 Å². The van der Waals surface area contributed by atoms with Crippen molar-refractivity contribution >= 4 is 0 Å². The number of hydrogen-bond acceptors (Lipinski definition) is 4. The van der Waals surface area contributed by atoms with Crippen molar-refractivity contribution in [3.05, 3.63) is 42.4 Å². The Kier molecular flexibility index (Phi) is 1.56. The molecule has 0 fully saturated rings. The van der Waals surface area contributed by atoms with Crippen molar-refractivity contribution < 1.29 is 0 Å². The summed E-state index contributed by atoms with van der Waals surface area (Å²) in [6, 6.07) is 5.65. The zero-order chi connectivity index (χ0) is 8.44. The van der Waals surface area contributed by atoms with Crippen LogP contribution in [-0.4, -0.2) is 4.98 Å². The van der Waals surface area contributed by atoms with Crippen molar-refractivity contribution in [2.24, 2.45) is 5.73 Å². The summed E-state index contributed by atoms with van der Waals surface area (Å²) in [5.74, 6) is 0. The van der Waals surface area contributed by atoms with E-state index in [1.165, 1.54) is 0 Å². The summed E-state index contributed by atoms with van der Waals surface area (Å²) >= 11 is 0. The quantitative estimate of drug-likeness (QED) is 0.536. The number of pyridine rings is 1. The van der Waals surface area contributed by atoms with Gasteiger partial charge in [0.1, 0.15) is 5.66 Å². The lowest BCUT2D eigenvalue weighted by Crippen LogP contribution is -2.49. The Balaban J connectivity index is 2.36. The lowest BCUT2D eigenvalue weighted by molar-refractivity contribution is 0.420. The molecule has 0 spiro atoms. The molecule has 2 rings (SSSR count). The Morgan fingerprint density at radius 2 is 2.33 bits per heavy atom. The molecular weight excluding hydrogens is 152 g/mol. The van der Waals surface area contributed by atoms with Crippen molar-refractivity contribution in [2.75, 3.05) is 0 Å². The third-order valence-corrected chi connectivity index (χ3v) is 1.80. The average molecular weight is 162 g/mol. The van der Waals surface area contributed by atoms with Crippen LogP contribution < -0.4 is 16.6 Å². The summed E-state index contributed by atoms with van der Waals surface area (Å²) in [7, 11) is 0. The topological polar surface area (TPSA) is 63.0 Å². The van der Waals surface area contributed by atoms with Crippen LogP contribution in [0.3, 0.4) is 0 Å². The Labute approximate surface area is 70.5 Å². The number of hydrazine groups is 1. The van der Waals surface area contributed by atoms with Crippen LogP contribution >= 0.6 is 0 Å².